The monoisotopic (exact) mass is 381 g/mol. The van der Waals surface area contributed by atoms with Crippen LogP contribution in [0.5, 0.6) is 0 Å². The molecule has 1 N–H and O–H groups in total. The van der Waals surface area contributed by atoms with Crippen LogP contribution in [0.15, 0.2) is 57.9 Å². The molecule has 2 rings (SSSR count). The molecule has 0 bridgehead atoms. The van der Waals surface area contributed by atoms with Gasteiger partial charge in [0, 0.05) is 10.7 Å². The van der Waals surface area contributed by atoms with Gasteiger partial charge in [0.05, 0.1) is 16.5 Å². The summed E-state index contributed by atoms with van der Waals surface area (Å²) < 4.78 is 23.6. The lowest BCUT2D eigenvalue weighted by atomic mass is 10.1. The first kappa shape index (κ1) is 16.7. The zero-order chi connectivity index (χ0) is 16.3. The Kier molecular flexibility index (Phi) is 5.03. The second kappa shape index (κ2) is 6.62. The normalized spacial score (nSPS) is 12.7. The minimum Gasteiger partial charge on any atom is -0.345 e. The van der Waals surface area contributed by atoms with Crippen LogP contribution >= 0.6 is 15.9 Å². The van der Waals surface area contributed by atoms with E-state index in [4.69, 9.17) is 0 Å². The molecule has 22 heavy (non-hydrogen) atoms. The lowest BCUT2D eigenvalue weighted by Crippen LogP contribution is -2.26. The quantitative estimate of drug-likeness (QED) is 0.882. The van der Waals surface area contributed by atoms with Crippen molar-refractivity contribution in [2.45, 2.75) is 17.9 Å². The van der Waals surface area contributed by atoms with Crippen LogP contribution in [0.1, 0.15) is 28.9 Å². The first-order valence-corrected chi connectivity index (χ1v) is 9.33. The van der Waals surface area contributed by atoms with Crippen molar-refractivity contribution in [3.63, 3.8) is 0 Å². The molecule has 0 aliphatic heterocycles. The molecule has 0 radical (unpaired) electrons. The molecule has 6 heteroatoms. The fourth-order valence-electron chi connectivity index (χ4n) is 2.01. The van der Waals surface area contributed by atoms with Gasteiger partial charge in [-0.05, 0) is 52.7 Å². The van der Waals surface area contributed by atoms with Gasteiger partial charge in [0.15, 0.2) is 9.84 Å². The maximum Gasteiger partial charge on any atom is 0.252 e. The van der Waals surface area contributed by atoms with E-state index in [1.807, 2.05) is 13.0 Å². The SMILES string of the molecule is C[C@@H](NC(=O)c1ccccc1Br)c1ccc(S(C)(=O)=O)cc1. The Morgan fingerprint density at radius 2 is 1.68 bits per heavy atom. The van der Waals surface area contributed by atoms with E-state index in [1.165, 1.54) is 6.26 Å². The highest BCUT2D eigenvalue weighted by molar-refractivity contribution is 9.10. The standard InChI is InChI=1S/C16H16BrNO3S/c1-11(12-7-9-13(10-8-12)22(2,20)21)18-16(19)14-5-3-4-6-15(14)17/h3-11H,1-2H3,(H,18,19)/t11-/m1/s1. The molecule has 2 aromatic carbocycles. The third kappa shape index (κ3) is 3.96. The molecule has 2 aromatic rings. The highest BCUT2D eigenvalue weighted by Crippen LogP contribution is 2.19. The number of carbonyl (C=O) groups excluding carboxylic acids is 1. The second-order valence-corrected chi connectivity index (χ2v) is 7.89. The van der Waals surface area contributed by atoms with Crippen LogP contribution in [0.4, 0.5) is 0 Å². The fraction of sp³-hybridized carbons (Fsp3) is 0.188. The van der Waals surface area contributed by atoms with Crippen molar-refractivity contribution < 1.29 is 13.2 Å². The summed E-state index contributed by atoms with van der Waals surface area (Å²) in [7, 11) is -3.21. The van der Waals surface area contributed by atoms with Gasteiger partial charge in [-0.25, -0.2) is 8.42 Å². The first-order chi connectivity index (χ1) is 10.3. The van der Waals surface area contributed by atoms with Crippen molar-refractivity contribution in [1.29, 1.82) is 0 Å². The molecule has 0 heterocycles. The van der Waals surface area contributed by atoms with Gasteiger partial charge in [-0.1, -0.05) is 24.3 Å². The Balaban J connectivity index is 2.14. The Morgan fingerprint density at radius 1 is 1.09 bits per heavy atom. The molecule has 0 aromatic heterocycles. The number of benzene rings is 2. The summed E-state index contributed by atoms with van der Waals surface area (Å²) in [5, 5.41) is 2.89. The molecule has 116 valence electrons. The Bertz CT molecular complexity index is 785. The summed E-state index contributed by atoms with van der Waals surface area (Å²) >= 11 is 3.35. The van der Waals surface area contributed by atoms with Gasteiger partial charge in [0.1, 0.15) is 0 Å². The van der Waals surface area contributed by atoms with Gasteiger partial charge >= 0.3 is 0 Å². The summed E-state index contributed by atoms with van der Waals surface area (Å²) in [4.78, 5) is 12.5. The van der Waals surface area contributed by atoms with Crippen molar-refractivity contribution in [2.75, 3.05) is 6.26 Å². The molecule has 4 nitrogen and oxygen atoms in total. The lowest BCUT2D eigenvalue weighted by molar-refractivity contribution is 0.0939. The van der Waals surface area contributed by atoms with E-state index < -0.39 is 9.84 Å². The minimum absolute atomic E-state index is 0.188. The van der Waals surface area contributed by atoms with Crippen LogP contribution in [0.2, 0.25) is 0 Å². The predicted molar refractivity (Wildman–Crippen MR) is 89.6 cm³/mol. The summed E-state index contributed by atoms with van der Waals surface area (Å²) in [6.07, 6.45) is 1.17. The van der Waals surface area contributed by atoms with Crippen LogP contribution in [0.25, 0.3) is 0 Å². The van der Waals surface area contributed by atoms with Crippen LogP contribution in [-0.4, -0.2) is 20.6 Å². The number of rotatable bonds is 4. The topological polar surface area (TPSA) is 63.2 Å². The number of amides is 1. The molecular weight excluding hydrogens is 366 g/mol. The first-order valence-electron chi connectivity index (χ1n) is 6.64. The van der Waals surface area contributed by atoms with Crippen molar-refractivity contribution in [3.8, 4) is 0 Å². The predicted octanol–water partition coefficient (Wildman–Crippen LogP) is 3.34. The van der Waals surface area contributed by atoms with Gasteiger partial charge in [0.25, 0.3) is 5.91 Å². The zero-order valence-corrected chi connectivity index (χ0v) is 14.6. The summed E-state index contributed by atoms with van der Waals surface area (Å²) in [6, 6.07) is 13.5. The second-order valence-electron chi connectivity index (χ2n) is 5.02. The van der Waals surface area contributed by atoms with E-state index in [-0.39, 0.29) is 16.8 Å². The summed E-state index contributed by atoms with van der Waals surface area (Å²) in [5.74, 6) is -0.188. The van der Waals surface area contributed by atoms with Crippen LogP contribution < -0.4 is 5.32 Å². The zero-order valence-electron chi connectivity index (χ0n) is 12.2. The van der Waals surface area contributed by atoms with E-state index in [2.05, 4.69) is 21.2 Å². The highest BCUT2D eigenvalue weighted by atomic mass is 79.9. The van der Waals surface area contributed by atoms with E-state index in [1.54, 1.807) is 42.5 Å². The molecule has 0 aliphatic carbocycles. The van der Waals surface area contributed by atoms with Crippen LogP contribution in [-0.2, 0) is 9.84 Å². The van der Waals surface area contributed by atoms with Crippen molar-refractivity contribution in [1.82, 2.24) is 5.32 Å². The molecule has 0 saturated heterocycles. The van der Waals surface area contributed by atoms with Gasteiger partial charge in [-0.15, -0.1) is 0 Å². The molecule has 0 unspecified atom stereocenters. The number of carbonyl (C=O) groups is 1. The summed E-state index contributed by atoms with van der Waals surface area (Å²) in [5.41, 5.74) is 1.40. The number of hydrogen-bond acceptors (Lipinski definition) is 3. The molecule has 0 spiro atoms. The number of hydrogen-bond donors (Lipinski definition) is 1. The van der Waals surface area contributed by atoms with E-state index in [0.717, 1.165) is 10.0 Å². The Labute approximate surface area is 138 Å². The van der Waals surface area contributed by atoms with Crippen LogP contribution in [0, 0.1) is 0 Å². The van der Waals surface area contributed by atoms with Crippen molar-refractivity contribution >= 4 is 31.7 Å². The minimum atomic E-state index is -3.21. The lowest BCUT2D eigenvalue weighted by Gasteiger charge is -2.15. The largest absolute Gasteiger partial charge is 0.345 e. The number of halogens is 1. The maximum absolute atomic E-state index is 12.2. The summed E-state index contributed by atoms with van der Waals surface area (Å²) in [6.45, 7) is 1.85. The van der Waals surface area contributed by atoms with Gasteiger partial charge in [-0.3, -0.25) is 4.79 Å². The van der Waals surface area contributed by atoms with Crippen molar-refractivity contribution in [3.05, 3.63) is 64.1 Å². The highest BCUT2D eigenvalue weighted by Gasteiger charge is 2.14. The number of nitrogens with one attached hydrogen (secondary N) is 1. The molecule has 0 saturated carbocycles. The average molecular weight is 382 g/mol. The molecule has 1 atom stereocenters. The van der Waals surface area contributed by atoms with Crippen LogP contribution in [0.3, 0.4) is 0 Å². The smallest absolute Gasteiger partial charge is 0.252 e. The molecule has 0 aliphatic rings. The fourth-order valence-corrected chi connectivity index (χ4v) is 3.10. The maximum atomic E-state index is 12.2. The van der Waals surface area contributed by atoms with Crippen molar-refractivity contribution in [2.24, 2.45) is 0 Å². The van der Waals surface area contributed by atoms with E-state index in [0.29, 0.717) is 5.56 Å². The van der Waals surface area contributed by atoms with Gasteiger partial charge < -0.3 is 5.32 Å². The van der Waals surface area contributed by atoms with E-state index >= 15 is 0 Å². The molecule has 0 fully saturated rings. The third-order valence-corrected chi connectivity index (χ3v) is 5.09. The molecular formula is C16H16BrNO3S. The Hall–Kier alpha value is -1.66. The third-order valence-electron chi connectivity index (χ3n) is 3.27. The average Bonchev–Trinajstić information content (AvgIpc) is 2.46. The van der Waals surface area contributed by atoms with Gasteiger partial charge in [0.2, 0.25) is 0 Å². The van der Waals surface area contributed by atoms with Gasteiger partial charge in [-0.2, -0.15) is 0 Å². The number of sulfone groups is 1. The Morgan fingerprint density at radius 3 is 2.23 bits per heavy atom. The van der Waals surface area contributed by atoms with E-state index in [9.17, 15) is 13.2 Å². The molecule has 1 amide bonds.